The first-order valence-electron chi connectivity index (χ1n) is 8.47. The summed E-state index contributed by atoms with van der Waals surface area (Å²) in [5.74, 6) is 2.25. The largest absolute Gasteiger partial charge is 0.493 e. The number of hydrogen-bond donors (Lipinski definition) is 0. The lowest BCUT2D eigenvalue weighted by Gasteiger charge is -2.11. The van der Waals surface area contributed by atoms with Crippen molar-refractivity contribution >= 4 is 11.9 Å². The van der Waals surface area contributed by atoms with Gasteiger partial charge >= 0.3 is 0 Å². The van der Waals surface area contributed by atoms with E-state index in [1.807, 2.05) is 26.0 Å². The maximum Gasteiger partial charge on any atom is 0.185 e. The zero-order valence-corrected chi connectivity index (χ0v) is 15.6. The Hall–Kier alpha value is -2.95. The minimum absolute atomic E-state index is 0.140. The molecule has 0 bridgehead atoms. The molecule has 5 heteroatoms. The number of hydrogen-bond acceptors (Lipinski definition) is 5. The lowest BCUT2D eigenvalue weighted by atomic mass is 10.1. The van der Waals surface area contributed by atoms with Gasteiger partial charge in [-0.1, -0.05) is 12.1 Å². The van der Waals surface area contributed by atoms with E-state index in [4.69, 9.17) is 18.9 Å². The fraction of sp³-hybridized carbons (Fsp3) is 0.286. The van der Waals surface area contributed by atoms with Crippen molar-refractivity contribution in [3.8, 4) is 23.0 Å². The minimum Gasteiger partial charge on any atom is -0.493 e. The molecule has 0 aliphatic carbocycles. The Kier molecular flexibility index (Phi) is 7.09. The van der Waals surface area contributed by atoms with Crippen molar-refractivity contribution in [2.75, 3.05) is 27.4 Å². The molecule has 0 N–H and O–H groups in total. The molecule has 2 aromatic rings. The van der Waals surface area contributed by atoms with E-state index >= 15 is 0 Å². The molecule has 2 aromatic carbocycles. The highest BCUT2D eigenvalue weighted by molar-refractivity contribution is 6.07. The zero-order valence-electron chi connectivity index (χ0n) is 15.6. The summed E-state index contributed by atoms with van der Waals surface area (Å²) in [5, 5.41) is 0. The third-order valence-corrected chi connectivity index (χ3v) is 3.68. The number of methoxy groups -OCH3 is 2. The van der Waals surface area contributed by atoms with E-state index < -0.39 is 0 Å². The number of para-hydroxylation sites is 1. The van der Waals surface area contributed by atoms with E-state index in [1.165, 1.54) is 6.08 Å². The number of ketones is 1. The molecule has 0 saturated carbocycles. The lowest BCUT2D eigenvalue weighted by Crippen LogP contribution is -2.01. The van der Waals surface area contributed by atoms with Gasteiger partial charge in [0.25, 0.3) is 0 Å². The second kappa shape index (κ2) is 9.51. The number of rotatable bonds is 9. The Bertz CT molecular complexity index is 780. The predicted molar refractivity (Wildman–Crippen MR) is 102 cm³/mol. The number of ether oxygens (including phenoxy) is 4. The lowest BCUT2D eigenvalue weighted by molar-refractivity contribution is 0.104. The Morgan fingerprint density at radius 1 is 0.923 bits per heavy atom. The Labute approximate surface area is 154 Å². The van der Waals surface area contributed by atoms with Crippen LogP contribution >= 0.6 is 0 Å². The van der Waals surface area contributed by atoms with Crippen molar-refractivity contribution < 1.29 is 23.7 Å². The first kappa shape index (κ1) is 19.4. The Morgan fingerprint density at radius 2 is 1.65 bits per heavy atom. The van der Waals surface area contributed by atoms with E-state index in [0.29, 0.717) is 41.8 Å². The topological polar surface area (TPSA) is 54.0 Å². The highest BCUT2D eigenvalue weighted by Gasteiger charge is 2.11. The maximum atomic E-state index is 12.5. The smallest absolute Gasteiger partial charge is 0.185 e. The molecule has 0 amide bonds. The summed E-state index contributed by atoms with van der Waals surface area (Å²) in [5.41, 5.74) is 1.28. The molecule has 0 heterocycles. The normalized spacial score (nSPS) is 10.6. The number of benzene rings is 2. The van der Waals surface area contributed by atoms with E-state index in [2.05, 4.69) is 0 Å². The average Bonchev–Trinajstić information content (AvgIpc) is 2.67. The van der Waals surface area contributed by atoms with E-state index in [9.17, 15) is 4.79 Å². The molecule has 0 unspecified atom stereocenters. The van der Waals surface area contributed by atoms with Crippen LogP contribution in [-0.2, 0) is 0 Å². The summed E-state index contributed by atoms with van der Waals surface area (Å²) in [6, 6.07) is 10.7. The molecule has 138 valence electrons. The summed E-state index contributed by atoms with van der Waals surface area (Å²) in [6.45, 7) is 4.82. The van der Waals surface area contributed by atoms with Gasteiger partial charge in [-0.15, -0.1) is 0 Å². The SMILES string of the molecule is CCOc1ccc(C(=O)/C=C/c2cccc(OC)c2OC)cc1OCC. The van der Waals surface area contributed by atoms with Crippen molar-refractivity contribution in [3.05, 3.63) is 53.6 Å². The van der Waals surface area contributed by atoms with Crippen LogP contribution in [0.3, 0.4) is 0 Å². The Morgan fingerprint density at radius 3 is 2.31 bits per heavy atom. The van der Waals surface area contributed by atoms with Gasteiger partial charge < -0.3 is 18.9 Å². The molecule has 0 radical (unpaired) electrons. The van der Waals surface area contributed by atoms with E-state index in [1.54, 1.807) is 44.6 Å². The number of allylic oxidation sites excluding steroid dienone is 1. The van der Waals surface area contributed by atoms with Crippen LogP contribution in [-0.4, -0.2) is 33.2 Å². The molecule has 0 saturated heterocycles. The van der Waals surface area contributed by atoms with Crippen molar-refractivity contribution in [1.82, 2.24) is 0 Å². The zero-order chi connectivity index (χ0) is 18.9. The van der Waals surface area contributed by atoms with Crippen molar-refractivity contribution in [3.63, 3.8) is 0 Å². The molecule has 0 fully saturated rings. The van der Waals surface area contributed by atoms with Gasteiger partial charge in [-0.05, 0) is 50.3 Å². The predicted octanol–water partition coefficient (Wildman–Crippen LogP) is 4.40. The summed E-state index contributed by atoms with van der Waals surface area (Å²) in [6.07, 6.45) is 3.21. The van der Waals surface area contributed by atoms with Gasteiger partial charge in [0.15, 0.2) is 28.8 Å². The van der Waals surface area contributed by atoms with Crippen LogP contribution in [0, 0.1) is 0 Å². The molecule has 5 nitrogen and oxygen atoms in total. The van der Waals surface area contributed by atoms with Gasteiger partial charge in [-0.25, -0.2) is 0 Å². The molecule has 0 atom stereocenters. The highest BCUT2D eigenvalue weighted by Crippen LogP contribution is 2.32. The number of carbonyl (C=O) groups is 1. The summed E-state index contributed by atoms with van der Waals surface area (Å²) in [7, 11) is 3.14. The minimum atomic E-state index is -0.140. The third-order valence-electron chi connectivity index (χ3n) is 3.68. The van der Waals surface area contributed by atoms with Gasteiger partial charge in [0.2, 0.25) is 0 Å². The van der Waals surface area contributed by atoms with Gasteiger partial charge in [0.05, 0.1) is 27.4 Å². The third kappa shape index (κ3) is 4.57. The van der Waals surface area contributed by atoms with Crippen molar-refractivity contribution in [2.45, 2.75) is 13.8 Å². The fourth-order valence-electron chi connectivity index (χ4n) is 2.51. The van der Waals surface area contributed by atoms with Crippen LogP contribution in [0.15, 0.2) is 42.5 Å². The van der Waals surface area contributed by atoms with Crippen molar-refractivity contribution in [1.29, 1.82) is 0 Å². The monoisotopic (exact) mass is 356 g/mol. The molecular weight excluding hydrogens is 332 g/mol. The highest BCUT2D eigenvalue weighted by atomic mass is 16.5. The van der Waals surface area contributed by atoms with Crippen LogP contribution in [0.1, 0.15) is 29.8 Å². The van der Waals surface area contributed by atoms with Crippen molar-refractivity contribution in [2.24, 2.45) is 0 Å². The van der Waals surface area contributed by atoms with Crippen LogP contribution in [0.25, 0.3) is 6.08 Å². The van der Waals surface area contributed by atoms with Crippen LogP contribution in [0.4, 0.5) is 0 Å². The maximum absolute atomic E-state index is 12.5. The van der Waals surface area contributed by atoms with Crippen LogP contribution < -0.4 is 18.9 Å². The molecule has 26 heavy (non-hydrogen) atoms. The van der Waals surface area contributed by atoms with Gasteiger partial charge in [0, 0.05) is 11.1 Å². The Balaban J connectivity index is 2.27. The van der Waals surface area contributed by atoms with Crippen LogP contribution in [0.2, 0.25) is 0 Å². The fourth-order valence-corrected chi connectivity index (χ4v) is 2.51. The average molecular weight is 356 g/mol. The first-order valence-corrected chi connectivity index (χ1v) is 8.47. The summed E-state index contributed by atoms with van der Waals surface area (Å²) < 4.78 is 21.7. The molecule has 0 aromatic heterocycles. The van der Waals surface area contributed by atoms with Crippen LogP contribution in [0.5, 0.6) is 23.0 Å². The second-order valence-electron chi connectivity index (χ2n) is 5.31. The van der Waals surface area contributed by atoms with Gasteiger partial charge in [-0.3, -0.25) is 4.79 Å². The molecule has 0 spiro atoms. The van der Waals surface area contributed by atoms with E-state index in [-0.39, 0.29) is 5.78 Å². The molecule has 0 aliphatic rings. The second-order valence-corrected chi connectivity index (χ2v) is 5.31. The summed E-state index contributed by atoms with van der Waals surface area (Å²) in [4.78, 5) is 12.5. The molecule has 2 rings (SSSR count). The van der Waals surface area contributed by atoms with Gasteiger partial charge in [0.1, 0.15) is 0 Å². The van der Waals surface area contributed by atoms with Gasteiger partial charge in [-0.2, -0.15) is 0 Å². The standard InChI is InChI=1S/C21H24O5/c1-5-25-18-13-11-16(14-20(18)26-6-2)17(22)12-10-15-8-7-9-19(23-3)21(15)24-4/h7-14H,5-6H2,1-4H3/b12-10+. The molecule has 0 aliphatic heterocycles. The first-order chi connectivity index (χ1) is 12.6. The summed E-state index contributed by atoms with van der Waals surface area (Å²) >= 11 is 0. The van der Waals surface area contributed by atoms with E-state index in [0.717, 1.165) is 5.56 Å². The quantitative estimate of drug-likeness (QED) is 0.492. The number of carbonyl (C=O) groups excluding carboxylic acids is 1. The molecular formula is C21H24O5.